The Morgan fingerprint density at radius 3 is 1.39 bits per heavy atom. The summed E-state index contributed by atoms with van der Waals surface area (Å²) < 4.78 is 0. The van der Waals surface area contributed by atoms with Crippen molar-refractivity contribution in [2.24, 2.45) is 0 Å². The molecule has 0 aromatic heterocycles. The summed E-state index contributed by atoms with van der Waals surface area (Å²) in [4.78, 5) is 2.39. The van der Waals surface area contributed by atoms with E-state index in [2.05, 4.69) is 217 Å². The Bertz CT molecular complexity index is 2610. The molecule has 0 saturated carbocycles. The standard InChI is InChI=1S/C50H35N/c1-2-13-40(14-3-1)49-23-8-9-26-50(49)51(44-20-10-19-42(35-44)48-25-12-18-39-16-5-7-22-46(39)48)43-33-31-37(32-34-43)36-27-29-41(30-28-36)47-24-11-17-38-15-4-6-21-45(38)47/h1-35H. The van der Waals surface area contributed by atoms with Crippen LogP contribution in [0.3, 0.4) is 0 Å². The molecule has 0 spiro atoms. The molecule has 0 radical (unpaired) electrons. The molecule has 9 aromatic carbocycles. The lowest BCUT2D eigenvalue weighted by Crippen LogP contribution is -2.11. The summed E-state index contributed by atoms with van der Waals surface area (Å²) in [6.45, 7) is 0. The molecule has 1 heteroatoms. The molecule has 0 N–H and O–H groups in total. The third kappa shape index (κ3) is 5.86. The quantitative estimate of drug-likeness (QED) is 0.166. The summed E-state index contributed by atoms with van der Waals surface area (Å²) >= 11 is 0. The van der Waals surface area contributed by atoms with Crippen molar-refractivity contribution in [1.82, 2.24) is 0 Å². The van der Waals surface area contributed by atoms with E-state index in [-0.39, 0.29) is 0 Å². The zero-order valence-corrected chi connectivity index (χ0v) is 28.2. The Hall–Kier alpha value is -6.70. The van der Waals surface area contributed by atoms with Gasteiger partial charge in [-0.25, -0.2) is 0 Å². The smallest absolute Gasteiger partial charge is 0.0540 e. The van der Waals surface area contributed by atoms with E-state index in [0.717, 1.165) is 17.1 Å². The third-order valence-corrected chi connectivity index (χ3v) is 9.88. The van der Waals surface area contributed by atoms with Crippen LogP contribution in [0.4, 0.5) is 17.1 Å². The van der Waals surface area contributed by atoms with Gasteiger partial charge in [0.15, 0.2) is 0 Å². The summed E-state index contributed by atoms with van der Waals surface area (Å²) in [5.41, 5.74) is 13.0. The van der Waals surface area contributed by atoms with E-state index in [1.807, 2.05) is 0 Å². The summed E-state index contributed by atoms with van der Waals surface area (Å²) in [5.74, 6) is 0. The molecule has 51 heavy (non-hydrogen) atoms. The van der Waals surface area contributed by atoms with E-state index < -0.39 is 0 Å². The Balaban J connectivity index is 1.13. The predicted molar refractivity (Wildman–Crippen MR) is 218 cm³/mol. The van der Waals surface area contributed by atoms with Crippen molar-refractivity contribution >= 4 is 38.6 Å². The fraction of sp³-hybridized carbons (Fsp3) is 0. The van der Waals surface area contributed by atoms with Gasteiger partial charge in [0.25, 0.3) is 0 Å². The van der Waals surface area contributed by atoms with Gasteiger partial charge in [-0.3, -0.25) is 0 Å². The average molecular weight is 650 g/mol. The molecular weight excluding hydrogens is 615 g/mol. The first-order valence-corrected chi connectivity index (χ1v) is 17.5. The molecule has 0 amide bonds. The maximum Gasteiger partial charge on any atom is 0.0540 e. The lowest BCUT2D eigenvalue weighted by Gasteiger charge is -2.28. The highest BCUT2D eigenvalue weighted by atomic mass is 15.1. The fourth-order valence-corrected chi connectivity index (χ4v) is 7.37. The van der Waals surface area contributed by atoms with Gasteiger partial charge in [0.1, 0.15) is 0 Å². The van der Waals surface area contributed by atoms with Crippen LogP contribution in [0.2, 0.25) is 0 Å². The first-order valence-electron chi connectivity index (χ1n) is 17.5. The lowest BCUT2D eigenvalue weighted by molar-refractivity contribution is 1.28. The normalized spacial score (nSPS) is 11.1. The molecule has 0 saturated heterocycles. The van der Waals surface area contributed by atoms with Crippen LogP contribution in [0.15, 0.2) is 212 Å². The van der Waals surface area contributed by atoms with Gasteiger partial charge in [-0.05, 0) is 90.8 Å². The molecule has 0 aliphatic rings. The Kier molecular flexibility index (Phi) is 7.92. The van der Waals surface area contributed by atoms with Crippen molar-refractivity contribution in [2.45, 2.75) is 0 Å². The van der Waals surface area contributed by atoms with E-state index in [0.29, 0.717) is 0 Å². The number of benzene rings is 9. The van der Waals surface area contributed by atoms with Crippen molar-refractivity contribution < 1.29 is 0 Å². The van der Waals surface area contributed by atoms with Gasteiger partial charge in [0, 0.05) is 16.9 Å². The van der Waals surface area contributed by atoms with Crippen LogP contribution in [0.1, 0.15) is 0 Å². The minimum atomic E-state index is 1.10. The summed E-state index contributed by atoms with van der Waals surface area (Å²) in [6.07, 6.45) is 0. The number of nitrogens with zero attached hydrogens (tertiary/aromatic N) is 1. The topological polar surface area (TPSA) is 3.24 Å². The van der Waals surface area contributed by atoms with E-state index in [1.54, 1.807) is 0 Å². The number of anilines is 3. The third-order valence-electron chi connectivity index (χ3n) is 9.88. The minimum absolute atomic E-state index is 1.10. The van der Waals surface area contributed by atoms with Gasteiger partial charge in [0.2, 0.25) is 0 Å². The zero-order chi connectivity index (χ0) is 34.0. The van der Waals surface area contributed by atoms with E-state index in [1.165, 1.54) is 66.1 Å². The van der Waals surface area contributed by atoms with Crippen LogP contribution in [-0.4, -0.2) is 0 Å². The number of hydrogen-bond donors (Lipinski definition) is 0. The van der Waals surface area contributed by atoms with Crippen molar-refractivity contribution in [3.05, 3.63) is 212 Å². The van der Waals surface area contributed by atoms with Crippen molar-refractivity contribution in [3.8, 4) is 44.5 Å². The van der Waals surface area contributed by atoms with Crippen molar-refractivity contribution in [1.29, 1.82) is 0 Å². The SMILES string of the molecule is c1ccc(-c2ccccc2N(c2ccc(-c3ccc(-c4cccc5ccccc45)cc3)cc2)c2cccc(-c3cccc4ccccc34)c2)cc1. The second-order valence-corrected chi connectivity index (χ2v) is 12.9. The highest BCUT2D eigenvalue weighted by molar-refractivity contribution is 5.99. The fourth-order valence-electron chi connectivity index (χ4n) is 7.37. The number of fused-ring (bicyclic) bond motifs is 2. The monoisotopic (exact) mass is 649 g/mol. The molecule has 9 aromatic rings. The molecule has 0 fully saturated rings. The van der Waals surface area contributed by atoms with Crippen molar-refractivity contribution in [3.63, 3.8) is 0 Å². The molecule has 0 aliphatic carbocycles. The summed E-state index contributed by atoms with van der Waals surface area (Å²) in [7, 11) is 0. The predicted octanol–water partition coefficient (Wildman–Crippen LogP) is 14.1. The van der Waals surface area contributed by atoms with Gasteiger partial charge in [-0.1, -0.05) is 182 Å². The largest absolute Gasteiger partial charge is 0.310 e. The van der Waals surface area contributed by atoms with Gasteiger partial charge in [0.05, 0.1) is 5.69 Å². The van der Waals surface area contributed by atoms with Gasteiger partial charge >= 0.3 is 0 Å². The molecule has 240 valence electrons. The summed E-state index contributed by atoms with van der Waals surface area (Å²) in [5, 5.41) is 5.03. The molecular formula is C50H35N. The Morgan fingerprint density at radius 1 is 0.255 bits per heavy atom. The highest BCUT2D eigenvalue weighted by Gasteiger charge is 2.18. The zero-order valence-electron chi connectivity index (χ0n) is 28.2. The second-order valence-electron chi connectivity index (χ2n) is 12.9. The van der Waals surface area contributed by atoms with Gasteiger partial charge < -0.3 is 4.90 Å². The Morgan fingerprint density at radius 2 is 0.706 bits per heavy atom. The maximum atomic E-state index is 2.39. The van der Waals surface area contributed by atoms with Gasteiger partial charge in [-0.15, -0.1) is 0 Å². The first-order chi connectivity index (χ1) is 25.3. The lowest BCUT2D eigenvalue weighted by atomic mass is 9.96. The molecule has 9 rings (SSSR count). The first kappa shape index (κ1) is 30.4. The molecule has 0 aliphatic heterocycles. The highest BCUT2D eigenvalue weighted by Crippen LogP contribution is 2.43. The second kappa shape index (κ2) is 13.3. The van der Waals surface area contributed by atoms with Crippen molar-refractivity contribution in [2.75, 3.05) is 4.90 Å². The molecule has 0 atom stereocenters. The van der Waals surface area contributed by atoms with Crippen LogP contribution in [-0.2, 0) is 0 Å². The molecule has 0 unspecified atom stereocenters. The maximum absolute atomic E-state index is 2.39. The van der Waals surface area contributed by atoms with Crippen LogP contribution >= 0.6 is 0 Å². The number of hydrogen-bond acceptors (Lipinski definition) is 1. The van der Waals surface area contributed by atoms with E-state index in [9.17, 15) is 0 Å². The van der Waals surface area contributed by atoms with Crippen LogP contribution in [0, 0.1) is 0 Å². The average Bonchev–Trinajstić information content (AvgIpc) is 3.21. The van der Waals surface area contributed by atoms with E-state index in [4.69, 9.17) is 0 Å². The number of para-hydroxylation sites is 1. The summed E-state index contributed by atoms with van der Waals surface area (Å²) in [6, 6.07) is 76.6. The Labute approximate surface area is 299 Å². The molecule has 1 nitrogen and oxygen atoms in total. The van der Waals surface area contributed by atoms with Crippen LogP contribution in [0.25, 0.3) is 66.1 Å². The van der Waals surface area contributed by atoms with E-state index >= 15 is 0 Å². The number of rotatable bonds is 7. The van der Waals surface area contributed by atoms with Gasteiger partial charge in [-0.2, -0.15) is 0 Å². The van der Waals surface area contributed by atoms with Crippen LogP contribution in [0.5, 0.6) is 0 Å². The molecule has 0 heterocycles. The minimum Gasteiger partial charge on any atom is -0.310 e. The van der Waals surface area contributed by atoms with Crippen LogP contribution < -0.4 is 4.90 Å². The molecule has 0 bridgehead atoms.